The molecule has 2 aromatic carbocycles. The number of nitrogens with one attached hydrogen (secondary N) is 1. The Kier molecular flexibility index (Phi) is 11.9. The number of pyridine rings is 1. The molecule has 1 amide bonds. The van der Waals surface area contributed by atoms with Crippen LogP contribution in [0, 0.1) is 0 Å². The Morgan fingerprint density at radius 2 is 1.73 bits per heavy atom. The first-order valence-corrected chi connectivity index (χ1v) is 25.1. The molecule has 0 spiro atoms. The van der Waals surface area contributed by atoms with Crippen molar-refractivity contribution in [3.8, 4) is 17.2 Å². The van der Waals surface area contributed by atoms with Gasteiger partial charge in [0.15, 0.2) is 5.65 Å². The molecule has 3 aromatic heterocycles. The van der Waals surface area contributed by atoms with Gasteiger partial charge in [-0.05, 0) is 110 Å². The third-order valence-electron chi connectivity index (χ3n) is 13.8. The van der Waals surface area contributed by atoms with Crippen LogP contribution in [0.3, 0.4) is 0 Å². The maximum atomic E-state index is 13.8. The highest BCUT2D eigenvalue weighted by Gasteiger charge is 2.55. The predicted molar refractivity (Wildman–Crippen MR) is 245 cm³/mol. The normalized spacial score (nSPS) is 21.3. The first kappa shape index (κ1) is 42.3. The van der Waals surface area contributed by atoms with Crippen LogP contribution in [0.4, 0.5) is 11.8 Å². The minimum Gasteiger partial charge on any atom is -0.542 e. The smallest absolute Gasteiger partial charge is 0.263 e. The molecule has 5 heterocycles. The van der Waals surface area contributed by atoms with Crippen LogP contribution in [-0.4, -0.2) is 51.2 Å². The minimum absolute atomic E-state index is 0.00826. The molecule has 0 saturated carbocycles. The molecule has 5 aromatic rings. The number of fused-ring (bicyclic) bond motifs is 3. The van der Waals surface area contributed by atoms with E-state index < -0.39 is 8.32 Å². The Morgan fingerprint density at radius 3 is 2.45 bits per heavy atom. The van der Waals surface area contributed by atoms with E-state index in [1.165, 1.54) is 36.0 Å². The van der Waals surface area contributed by atoms with Crippen molar-refractivity contribution in [1.29, 1.82) is 0 Å². The largest absolute Gasteiger partial charge is 0.542 e. The lowest BCUT2D eigenvalue weighted by Gasteiger charge is -2.37. The second kappa shape index (κ2) is 16.8. The van der Waals surface area contributed by atoms with Crippen molar-refractivity contribution in [3.05, 3.63) is 88.7 Å². The van der Waals surface area contributed by atoms with Crippen molar-refractivity contribution < 1.29 is 14.0 Å². The van der Waals surface area contributed by atoms with Gasteiger partial charge in [0.05, 0.1) is 23.5 Å². The van der Waals surface area contributed by atoms with E-state index in [-0.39, 0.29) is 17.4 Å². The second-order valence-electron chi connectivity index (χ2n) is 19.3. The third kappa shape index (κ3) is 7.85. The number of nitrogens with zero attached hydrogens (tertiary/aromatic N) is 6. The molecule has 320 valence electrons. The van der Waals surface area contributed by atoms with Crippen LogP contribution in [0.5, 0.6) is 11.5 Å². The van der Waals surface area contributed by atoms with Crippen LogP contribution in [0.15, 0.2) is 60.8 Å². The molecule has 8 rings (SSSR count). The molecule has 1 saturated heterocycles. The summed E-state index contributed by atoms with van der Waals surface area (Å²) in [6.45, 7) is 21.3. The summed E-state index contributed by atoms with van der Waals surface area (Å²) in [5.41, 5.74) is 8.35. The van der Waals surface area contributed by atoms with E-state index in [2.05, 4.69) is 130 Å². The highest BCUT2D eigenvalue weighted by Crippen LogP contribution is 2.54. The van der Waals surface area contributed by atoms with Gasteiger partial charge in [-0.25, -0.2) is 4.68 Å². The van der Waals surface area contributed by atoms with Gasteiger partial charge in [0, 0.05) is 41.6 Å². The van der Waals surface area contributed by atoms with E-state index in [4.69, 9.17) is 25.9 Å². The lowest BCUT2D eigenvalue weighted by molar-refractivity contribution is -0.116. The first-order chi connectivity index (χ1) is 28.7. The Morgan fingerprint density at radius 1 is 0.967 bits per heavy atom. The Hall–Kier alpha value is -4.35. The topological polar surface area (TPSA) is 98.8 Å². The monoisotopic (exact) mass is 849 g/mol. The number of halogens is 1. The Balaban J connectivity index is 0.958. The van der Waals surface area contributed by atoms with Crippen molar-refractivity contribution in [3.63, 3.8) is 0 Å². The van der Waals surface area contributed by atoms with Gasteiger partial charge in [0.1, 0.15) is 23.4 Å². The zero-order valence-corrected chi connectivity index (χ0v) is 38.9. The van der Waals surface area contributed by atoms with Crippen LogP contribution in [0.1, 0.15) is 159 Å². The predicted octanol–water partition coefficient (Wildman–Crippen LogP) is 11.9. The minimum atomic E-state index is -2.19. The molecule has 0 bridgehead atoms. The molecule has 1 aliphatic carbocycles. The molecule has 2 aliphatic heterocycles. The standard InChI is InChI=1S/C48H64ClN7O3Si/c1-30(2)60(31(3)4)33(6)40-26-36(25-35(28-49)46(40)59-60)56-44(27-42(53-56)48(7,8)9)50-45(57)19-14-16-34-20-22-41(39-18-11-10-17-38(34)39)58-37-21-23-43-51-52-47(55(43)29-37)54-24-13-12-15-32(54)5/h10-11,17-18,21,23,25-27,29-34,41H,12-16,19-20,22,24,28H2,1-9H3,(H,50,57). The average molecular weight is 851 g/mol. The molecule has 3 aliphatic rings. The van der Waals surface area contributed by atoms with Crippen LogP contribution in [0.2, 0.25) is 11.1 Å². The summed E-state index contributed by atoms with van der Waals surface area (Å²) in [6.07, 6.45) is 9.62. The van der Waals surface area contributed by atoms with E-state index in [9.17, 15) is 4.79 Å². The van der Waals surface area contributed by atoms with Crippen molar-refractivity contribution >= 4 is 43.2 Å². The van der Waals surface area contributed by atoms with Crippen LogP contribution in [-0.2, 0) is 16.1 Å². The van der Waals surface area contributed by atoms with Crippen LogP contribution < -0.4 is 19.4 Å². The number of ether oxygens (including phenoxy) is 1. The van der Waals surface area contributed by atoms with Gasteiger partial charge in [-0.1, -0.05) is 79.7 Å². The lowest BCUT2D eigenvalue weighted by Crippen LogP contribution is -2.49. The molecular formula is C48H64ClN7O3Si. The van der Waals surface area contributed by atoms with E-state index >= 15 is 0 Å². The molecule has 4 atom stereocenters. The number of hydrogen-bond donors (Lipinski definition) is 1. The fourth-order valence-electron chi connectivity index (χ4n) is 10.5. The fourth-order valence-corrected chi connectivity index (χ4v) is 16.0. The van der Waals surface area contributed by atoms with Crippen molar-refractivity contribution in [2.24, 2.45) is 0 Å². The molecule has 0 radical (unpaired) electrons. The summed E-state index contributed by atoms with van der Waals surface area (Å²) in [5.74, 6) is 4.04. The number of piperidine rings is 1. The number of carbonyl (C=O) groups excluding carboxylic acids is 1. The number of hydrogen-bond acceptors (Lipinski definition) is 7. The van der Waals surface area contributed by atoms with Crippen LogP contribution in [0.25, 0.3) is 11.3 Å². The zero-order chi connectivity index (χ0) is 42.5. The van der Waals surface area contributed by atoms with E-state index in [0.29, 0.717) is 46.7 Å². The van der Waals surface area contributed by atoms with Gasteiger partial charge in [0.25, 0.3) is 8.32 Å². The molecule has 1 N–H and O–H groups in total. The summed E-state index contributed by atoms with van der Waals surface area (Å²) in [6, 6.07) is 19.5. The van der Waals surface area contributed by atoms with E-state index in [1.807, 2.05) is 22.9 Å². The van der Waals surface area contributed by atoms with Crippen molar-refractivity contribution in [1.82, 2.24) is 24.4 Å². The maximum Gasteiger partial charge on any atom is 0.263 e. The molecule has 10 nitrogen and oxygen atoms in total. The number of anilines is 2. The summed E-state index contributed by atoms with van der Waals surface area (Å²) >= 11 is 6.64. The SMILES string of the molecule is CC1CCCCN1c1nnc2ccc(OC3CCC(CCCC(=O)Nc4cc(C(C)(C)C)nn4-c4cc(CCl)c5c(c4)C(C)[Si](C(C)C)(C(C)C)O5)c4ccccc43)cn12. The highest BCUT2D eigenvalue weighted by atomic mass is 35.5. The summed E-state index contributed by atoms with van der Waals surface area (Å²) in [5, 5.41) is 17.4. The van der Waals surface area contributed by atoms with E-state index in [1.54, 1.807) is 0 Å². The molecule has 12 heteroatoms. The van der Waals surface area contributed by atoms with Crippen molar-refractivity contribution in [2.75, 3.05) is 16.8 Å². The zero-order valence-electron chi connectivity index (χ0n) is 37.1. The van der Waals surface area contributed by atoms with E-state index in [0.717, 1.165) is 72.3 Å². The average Bonchev–Trinajstić information content (AvgIpc) is 3.93. The second-order valence-corrected chi connectivity index (χ2v) is 24.7. The summed E-state index contributed by atoms with van der Waals surface area (Å²) < 4.78 is 17.8. The fraction of sp³-hybridized carbons (Fsp3) is 0.542. The summed E-state index contributed by atoms with van der Waals surface area (Å²) in [7, 11) is -2.19. The van der Waals surface area contributed by atoms with Crippen molar-refractivity contribution in [2.45, 2.75) is 160 Å². The number of carbonyl (C=O) groups is 1. The summed E-state index contributed by atoms with van der Waals surface area (Å²) in [4.78, 5) is 16.2. The quantitative estimate of drug-likeness (QED) is 0.0986. The number of amides is 1. The first-order valence-electron chi connectivity index (χ1n) is 22.4. The van der Waals surface area contributed by atoms with Crippen LogP contribution >= 0.6 is 11.6 Å². The number of rotatable bonds is 12. The van der Waals surface area contributed by atoms with Gasteiger partial charge < -0.3 is 19.4 Å². The van der Waals surface area contributed by atoms with Gasteiger partial charge in [0.2, 0.25) is 11.9 Å². The molecule has 1 fully saturated rings. The third-order valence-corrected chi connectivity index (χ3v) is 19.9. The number of aromatic nitrogens is 5. The molecule has 4 unspecified atom stereocenters. The molecular weight excluding hydrogens is 786 g/mol. The highest BCUT2D eigenvalue weighted by molar-refractivity contribution is 6.79. The number of alkyl halides is 1. The lowest BCUT2D eigenvalue weighted by atomic mass is 9.79. The Labute approximate surface area is 362 Å². The van der Waals surface area contributed by atoms with Gasteiger partial charge in [-0.15, -0.1) is 21.8 Å². The van der Waals surface area contributed by atoms with Gasteiger partial charge in [-0.3, -0.25) is 9.20 Å². The molecule has 60 heavy (non-hydrogen) atoms. The van der Waals surface area contributed by atoms with Gasteiger partial charge in [-0.2, -0.15) is 5.10 Å². The number of benzene rings is 2. The maximum absolute atomic E-state index is 13.8. The van der Waals surface area contributed by atoms with Gasteiger partial charge >= 0.3 is 0 Å². The Bertz CT molecular complexity index is 2340.